The van der Waals surface area contributed by atoms with Crippen molar-refractivity contribution in [1.82, 2.24) is 4.90 Å². The van der Waals surface area contributed by atoms with E-state index in [0.29, 0.717) is 23.8 Å². The van der Waals surface area contributed by atoms with E-state index in [1.54, 1.807) is 31.4 Å². The Morgan fingerprint density at radius 1 is 0.963 bits per heavy atom. The SMILES string of the molecule is COc1ccc([C@@H]2CCCCN(C(=O)c3ccc(OC(C)=O)cc3)C2)cc1. The summed E-state index contributed by atoms with van der Waals surface area (Å²) in [7, 11) is 1.66. The molecule has 5 nitrogen and oxygen atoms in total. The Hall–Kier alpha value is -2.82. The fourth-order valence-corrected chi connectivity index (χ4v) is 3.49. The number of hydrogen-bond donors (Lipinski definition) is 0. The zero-order chi connectivity index (χ0) is 19.2. The van der Waals surface area contributed by atoms with Gasteiger partial charge in [-0.25, -0.2) is 0 Å². The highest BCUT2D eigenvalue weighted by atomic mass is 16.5. The van der Waals surface area contributed by atoms with E-state index in [0.717, 1.165) is 31.6 Å². The molecule has 0 aliphatic carbocycles. The van der Waals surface area contributed by atoms with Crippen LogP contribution in [0.1, 0.15) is 48.0 Å². The van der Waals surface area contributed by atoms with Gasteiger partial charge >= 0.3 is 5.97 Å². The number of carbonyl (C=O) groups excluding carboxylic acids is 2. The standard InChI is InChI=1S/C22H25NO4/c1-16(24)27-21-12-8-18(9-13-21)22(25)23-14-4-3-5-19(15-23)17-6-10-20(26-2)11-7-17/h6-13,19H,3-5,14-15H2,1-2H3/t19-/m1/s1. The number of carbonyl (C=O) groups is 2. The summed E-state index contributed by atoms with van der Waals surface area (Å²) >= 11 is 0. The number of benzene rings is 2. The summed E-state index contributed by atoms with van der Waals surface area (Å²) in [6, 6.07) is 14.9. The fourth-order valence-electron chi connectivity index (χ4n) is 3.49. The Kier molecular flexibility index (Phi) is 6.12. The Balaban J connectivity index is 1.72. The van der Waals surface area contributed by atoms with E-state index < -0.39 is 0 Å². The van der Waals surface area contributed by atoms with Crippen LogP contribution in [0.5, 0.6) is 11.5 Å². The molecule has 27 heavy (non-hydrogen) atoms. The van der Waals surface area contributed by atoms with Crippen molar-refractivity contribution in [1.29, 1.82) is 0 Å². The number of hydrogen-bond acceptors (Lipinski definition) is 4. The molecule has 3 rings (SSSR count). The normalized spacial score (nSPS) is 17.1. The van der Waals surface area contributed by atoms with Gasteiger partial charge in [0.1, 0.15) is 11.5 Å². The van der Waals surface area contributed by atoms with Gasteiger partial charge in [0.2, 0.25) is 0 Å². The lowest BCUT2D eigenvalue weighted by molar-refractivity contribution is -0.131. The first-order valence-electron chi connectivity index (χ1n) is 9.28. The number of esters is 1. The maximum absolute atomic E-state index is 13.0. The Morgan fingerprint density at radius 3 is 2.26 bits per heavy atom. The number of methoxy groups -OCH3 is 1. The van der Waals surface area contributed by atoms with Crippen LogP contribution in [0.4, 0.5) is 0 Å². The third-order valence-electron chi connectivity index (χ3n) is 4.91. The molecule has 0 N–H and O–H groups in total. The third kappa shape index (κ3) is 4.88. The smallest absolute Gasteiger partial charge is 0.308 e. The number of likely N-dealkylation sites (tertiary alicyclic amines) is 1. The van der Waals surface area contributed by atoms with Crippen molar-refractivity contribution in [2.45, 2.75) is 32.1 Å². The van der Waals surface area contributed by atoms with Gasteiger partial charge in [0, 0.05) is 31.5 Å². The summed E-state index contributed by atoms with van der Waals surface area (Å²) in [4.78, 5) is 25.9. The van der Waals surface area contributed by atoms with Gasteiger partial charge in [-0.3, -0.25) is 9.59 Å². The molecule has 2 aromatic rings. The van der Waals surface area contributed by atoms with Crippen molar-refractivity contribution in [3.63, 3.8) is 0 Å². The van der Waals surface area contributed by atoms with E-state index in [-0.39, 0.29) is 11.9 Å². The average molecular weight is 367 g/mol. The van der Waals surface area contributed by atoms with Gasteiger partial charge in [0.15, 0.2) is 0 Å². The molecule has 0 radical (unpaired) electrons. The molecule has 2 aromatic carbocycles. The van der Waals surface area contributed by atoms with Gasteiger partial charge in [-0.15, -0.1) is 0 Å². The quantitative estimate of drug-likeness (QED) is 0.605. The molecule has 1 saturated heterocycles. The van der Waals surface area contributed by atoms with Crippen LogP contribution in [0.15, 0.2) is 48.5 Å². The summed E-state index contributed by atoms with van der Waals surface area (Å²) in [6.07, 6.45) is 3.18. The Morgan fingerprint density at radius 2 is 1.63 bits per heavy atom. The number of amides is 1. The van der Waals surface area contributed by atoms with E-state index in [1.165, 1.54) is 12.5 Å². The van der Waals surface area contributed by atoms with Gasteiger partial charge in [0.05, 0.1) is 7.11 Å². The predicted molar refractivity (Wildman–Crippen MR) is 103 cm³/mol. The number of rotatable bonds is 4. The molecule has 142 valence electrons. The molecular formula is C22H25NO4. The maximum atomic E-state index is 13.0. The highest BCUT2D eigenvalue weighted by molar-refractivity contribution is 5.94. The minimum Gasteiger partial charge on any atom is -0.497 e. The molecule has 0 spiro atoms. The second-order valence-corrected chi connectivity index (χ2v) is 6.84. The van der Waals surface area contributed by atoms with Crippen molar-refractivity contribution in [2.75, 3.05) is 20.2 Å². The van der Waals surface area contributed by atoms with Crippen LogP contribution in [-0.4, -0.2) is 37.0 Å². The summed E-state index contributed by atoms with van der Waals surface area (Å²) in [5.41, 5.74) is 1.85. The van der Waals surface area contributed by atoms with Crippen LogP contribution >= 0.6 is 0 Å². The lowest BCUT2D eigenvalue weighted by Crippen LogP contribution is -2.34. The monoisotopic (exact) mass is 367 g/mol. The average Bonchev–Trinajstić information content (AvgIpc) is 2.94. The zero-order valence-corrected chi connectivity index (χ0v) is 15.8. The minimum absolute atomic E-state index is 0.0183. The topological polar surface area (TPSA) is 55.8 Å². The van der Waals surface area contributed by atoms with Gasteiger partial charge < -0.3 is 14.4 Å². The van der Waals surface area contributed by atoms with Gasteiger partial charge in [-0.1, -0.05) is 18.6 Å². The van der Waals surface area contributed by atoms with Crippen molar-refractivity contribution in [3.8, 4) is 11.5 Å². The van der Waals surface area contributed by atoms with Gasteiger partial charge in [-0.05, 0) is 54.8 Å². The first kappa shape index (κ1) is 19.0. The number of nitrogens with zero attached hydrogens (tertiary/aromatic N) is 1. The summed E-state index contributed by atoms with van der Waals surface area (Å²) < 4.78 is 10.3. The summed E-state index contributed by atoms with van der Waals surface area (Å²) in [6.45, 7) is 2.82. The highest BCUT2D eigenvalue weighted by Crippen LogP contribution is 2.28. The maximum Gasteiger partial charge on any atom is 0.308 e. The molecule has 1 aliphatic heterocycles. The Labute approximate surface area is 159 Å². The molecule has 0 aromatic heterocycles. The van der Waals surface area contributed by atoms with Gasteiger partial charge in [-0.2, -0.15) is 0 Å². The third-order valence-corrected chi connectivity index (χ3v) is 4.91. The first-order chi connectivity index (χ1) is 13.1. The molecule has 1 atom stereocenters. The van der Waals surface area contributed by atoms with Crippen molar-refractivity contribution < 1.29 is 19.1 Å². The van der Waals surface area contributed by atoms with Crippen LogP contribution in [0, 0.1) is 0 Å². The molecule has 1 heterocycles. The van der Waals surface area contributed by atoms with Crippen LogP contribution in [-0.2, 0) is 4.79 Å². The van der Waals surface area contributed by atoms with E-state index in [9.17, 15) is 9.59 Å². The van der Waals surface area contributed by atoms with Crippen LogP contribution in [0.25, 0.3) is 0 Å². The van der Waals surface area contributed by atoms with E-state index in [2.05, 4.69) is 12.1 Å². The molecule has 1 amide bonds. The van der Waals surface area contributed by atoms with E-state index in [1.807, 2.05) is 17.0 Å². The fraction of sp³-hybridized carbons (Fsp3) is 0.364. The lowest BCUT2D eigenvalue weighted by atomic mass is 9.94. The second-order valence-electron chi connectivity index (χ2n) is 6.84. The molecule has 5 heteroatoms. The second kappa shape index (κ2) is 8.71. The predicted octanol–water partition coefficient (Wildman–Crippen LogP) is 4.03. The molecule has 0 bridgehead atoms. The minimum atomic E-state index is -0.371. The largest absolute Gasteiger partial charge is 0.497 e. The summed E-state index contributed by atoms with van der Waals surface area (Å²) in [5.74, 6) is 1.26. The Bertz CT molecular complexity index is 783. The molecule has 1 fully saturated rings. The summed E-state index contributed by atoms with van der Waals surface area (Å²) in [5, 5.41) is 0. The zero-order valence-electron chi connectivity index (χ0n) is 15.8. The molecular weight excluding hydrogens is 342 g/mol. The first-order valence-corrected chi connectivity index (χ1v) is 9.28. The number of ether oxygens (including phenoxy) is 2. The van der Waals surface area contributed by atoms with Crippen molar-refractivity contribution >= 4 is 11.9 Å². The molecule has 1 aliphatic rings. The van der Waals surface area contributed by atoms with E-state index >= 15 is 0 Å². The van der Waals surface area contributed by atoms with Crippen molar-refractivity contribution in [3.05, 3.63) is 59.7 Å². The van der Waals surface area contributed by atoms with Crippen LogP contribution in [0.2, 0.25) is 0 Å². The van der Waals surface area contributed by atoms with Crippen LogP contribution in [0.3, 0.4) is 0 Å². The van der Waals surface area contributed by atoms with Crippen molar-refractivity contribution in [2.24, 2.45) is 0 Å². The molecule has 0 saturated carbocycles. The highest BCUT2D eigenvalue weighted by Gasteiger charge is 2.24. The lowest BCUT2D eigenvalue weighted by Gasteiger charge is -2.25. The van der Waals surface area contributed by atoms with Crippen LogP contribution < -0.4 is 9.47 Å². The van der Waals surface area contributed by atoms with Gasteiger partial charge in [0.25, 0.3) is 5.91 Å². The molecule has 0 unspecified atom stereocenters. The van der Waals surface area contributed by atoms with E-state index in [4.69, 9.17) is 9.47 Å².